The molecule has 5 rings (SSSR count). The fourth-order valence-electron chi connectivity index (χ4n) is 3.67. The van der Waals surface area contributed by atoms with Gasteiger partial charge in [-0.3, -0.25) is 4.79 Å². The molecule has 0 saturated heterocycles. The van der Waals surface area contributed by atoms with E-state index in [1.165, 1.54) is 18.5 Å². The van der Waals surface area contributed by atoms with Gasteiger partial charge in [0, 0.05) is 28.8 Å². The standard InChI is InChI=1S/C21H13Cl2F4N3O3/c22-13-5-9(6-14(23)16(13)24)20(21(25,26)27)7-15(30-33-20)12-8-28-17(18-11(12)3-4-32-18)19(31)29-10-1-2-10/h3-6,8,10H,1-2,7H2,(H,29,31). The van der Waals surface area contributed by atoms with E-state index in [2.05, 4.69) is 15.5 Å². The number of nitrogens with zero attached hydrogens (tertiary/aromatic N) is 2. The molecule has 1 atom stereocenters. The van der Waals surface area contributed by atoms with E-state index in [4.69, 9.17) is 32.5 Å². The summed E-state index contributed by atoms with van der Waals surface area (Å²) >= 11 is 11.5. The Hall–Kier alpha value is -2.85. The Kier molecular flexibility index (Phi) is 5.06. The van der Waals surface area contributed by atoms with E-state index in [9.17, 15) is 22.4 Å². The first-order valence-corrected chi connectivity index (χ1v) is 10.5. The van der Waals surface area contributed by atoms with Gasteiger partial charge in [-0.15, -0.1) is 0 Å². The van der Waals surface area contributed by atoms with Crippen molar-refractivity contribution < 1.29 is 31.6 Å². The molecule has 1 aliphatic heterocycles. The Balaban J connectivity index is 1.54. The average Bonchev–Trinajstić information content (AvgIpc) is 3.25. The Bertz CT molecular complexity index is 1300. The summed E-state index contributed by atoms with van der Waals surface area (Å²) in [5.41, 5.74) is -3.19. The van der Waals surface area contributed by atoms with E-state index in [0.29, 0.717) is 5.39 Å². The molecule has 172 valence electrons. The van der Waals surface area contributed by atoms with Crippen molar-refractivity contribution >= 4 is 45.8 Å². The summed E-state index contributed by atoms with van der Waals surface area (Å²) in [4.78, 5) is 21.5. The number of fused-ring (bicyclic) bond motifs is 1. The van der Waals surface area contributed by atoms with Crippen LogP contribution in [0.3, 0.4) is 0 Å². The van der Waals surface area contributed by atoms with Gasteiger partial charge in [-0.05, 0) is 31.0 Å². The predicted octanol–water partition coefficient (Wildman–Crippen LogP) is 5.75. The maximum Gasteiger partial charge on any atom is 0.435 e. The van der Waals surface area contributed by atoms with Gasteiger partial charge in [0.05, 0.1) is 28.4 Å². The second-order valence-electron chi connectivity index (χ2n) is 7.82. The van der Waals surface area contributed by atoms with Crippen molar-refractivity contribution in [3.8, 4) is 0 Å². The zero-order chi connectivity index (χ0) is 23.5. The topological polar surface area (TPSA) is 76.7 Å². The SMILES string of the molecule is O=C(NC1CC1)c1ncc(C2=NOC(c3cc(Cl)c(F)c(Cl)c3)(C(F)(F)F)C2)c2ccoc12. The zero-order valence-electron chi connectivity index (χ0n) is 16.5. The molecule has 3 heterocycles. The fourth-order valence-corrected chi connectivity index (χ4v) is 4.16. The molecule has 3 aromatic rings. The Morgan fingerprint density at radius 3 is 2.55 bits per heavy atom. The molecule has 0 radical (unpaired) electrons. The second-order valence-corrected chi connectivity index (χ2v) is 8.63. The first-order valence-electron chi connectivity index (χ1n) is 9.75. The zero-order valence-corrected chi connectivity index (χ0v) is 18.0. The summed E-state index contributed by atoms with van der Waals surface area (Å²) < 4.78 is 61.9. The quantitative estimate of drug-likeness (QED) is 0.364. The third-order valence-corrected chi connectivity index (χ3v) is 6.12. The van der Waals surface area contributed by atoms with Crippen LogP contribution in [0.5, 0.6) is 0 Å². The van der Waals surface area contributed by atoms with Gasteiger partial charge in [0.2, 0.25) is 0 Å². The van der Waals surface area contributed by atoms with E-state index in [-0.39, 0.29) is 28.6 Å². The Morgan fingerprint density at radius 1 is 1.21 bits per heavy atom. The highest BCUT2D eigenvalue weighted by atomic mass is 35.5. The highest BCUT2D eigenvalue weighted by Gasteiger charge is 2.62. The molecule has 1 fully saturated rings. The summed E-state index contributed by atoms with van der Waals surface area (Å²) in [7, 11) is 0. The summed E-state index contributed by atoms with van der Waals surface area (Å²) in [6.45, 7) is 0. The van der Waals surface area contributed by atoms with Crippen molar-refractivity contribution in [3.63, 3.8) is 0 Å². The molecule has 1 aromatic carbocycles. The van der Waals surface area contributed by atoms with Gasteiger partial charge in [-0.25, -0.2) is 9.37 Å². The molecule has 12 heteroatoms. The van der Waals surface area contributed by atoms with Crippen LogP contribution in [0.2, 0.25) is 10.0 Å². The highest BCUT2D eigenvalue weighted by molar-refractivity contribution is 6.35. The maximum absolute atomic E-state index is 14.2. The molecule has 1 amide bonds. The van der Waals surface area contributed by atoms with Gasteiger partial charge in [0.15, 0.2) is 17.1 Å². The minimum Gasteiger partial charge on any atom is -0.462 e. The van der Waals surface area contributed by atoms with Crippen LogP contribution in [0.15, 0.2) is 40.2 Å². The molecule has 2 aromatic heterocycles. The largest absolute Gasteiger partial charge is 0.462 e. The first-order chi connectivity index (χ1) is 15.6. The van der Waals surface area contributed by atoms with Gasteiger partial charge in [-0.2, -0.15) is 13.2 Å². The first kappa shape index (κ1) is 22.0. The van der Waals surface area contributed by atoms with Crippen molar-refractivity contribution in [2.45, 2.75) is 37.1 Å². The van der Waals surface area contributed by atoms with E-state index in [1.54, 1.807) is 0 Å². The number of carbonyl (C=O) groups is 1. The third kappa shape index (κ3) is 3.61. The van der Waals surface area contributed by atoms with Crippen LogP contribution in [-0.4, -0.2) is 28.8 Å². The van der Waals surface area contributed by atoms with Crippen molar-refractivity contribution in [2.24, 2.45) is 5.16 Å². The lowest BCUT2D eigenvalue weighted by molar-refractivity contribution is -0.275. The third-order valence-electron chi connectivity index (χ3n) is 5.57. The summed E-state index contributed by atoms with van der Waals surface area (Å²) in [6, 6.07) is 3.21. The van der Waals surface area contributed by atoms with Gasteiger partial charge in [0.25, 0.3) is 11.5 Å². The second kappa shape index (κ2) is 7.59. The van der Waals surface area contributed by atoms with Crippen LogP contribution < -0.4 is 5.32 Å². The van der Waals surface area contributed by atoms with E-state index >= 15 is 0 Å². The summed E-state index contributed by atoms with van der Waals surface area (Å²) in [6.07, 6.45) is -1.41. The molecule has 33 heavy (non-hydrogen) atoms. The number of benzene rings is 1. The van der Waals surface area contributed by atoms with Gasteiger partial charge in [-0.1, -0.05) is 28.4 Å². The number of pyridine rings is 1. The van der Waals surface area contributed by atoms with Crippen LogP contribution in [0.25, 0.3) is 11.0 Å². The summed E-state index contributed by atoms with van der Waals surface area (Å²) in [5.74, 6) is -1.48. The monoisotopic (exact) mass is 501 g/mol. The van der Waals surface area contributed by atoms with Crippen LogP contribution in [-0.2, 0) is 10.4 Å². The average molecular weight is 502 g/mol. The van der Waals surface area contributed by atoms with Crippen molar-refractivity contribution in [1.29, 1.82) is 0 Å². The smallest absolute Gasteiger partial charge is 0.435 e. The van der Waals surface area contributed by atoms with Crippen molar-refractivity contribution in [1.82, 2.24) is 10.3 Å². The lowest BCUT2D eigenvalue weighted by atomic mass is 9.86. The van der Waals surface area contributed by atoms with E-state index < -0.39 is 45.5 Å². The molecular weight excluding hydrogens is 489 g/mol. The maximum atomic E-state index is 14.2. The molecule has 6 nitrogen and oxygen atoms in total. The number of rotatable bonds is 4. The highest BCUT2D eigenvalue weighted by Crippen LogP contribution is 2.50. The van der Waals surface area contributed by atoms with Gasteiger partial charge < -0.3 is 14.6 Å². The summed E-state index contributed by atoms with van der Waals surface area (Å²) in [5, 5.41) is 5.66. The molecular formula is C21H13Cl2F4N3O3. The molecule has 1 saturated carbocycles. The number of carbonyl (C=O) groups excluding carboxylic acids is 1. The number of halogens is 6. The lowest BCUT2D eigenvalue weighted by Gasteiger charge is -2.29. The Morgan fingerprint density at radius 2 is 1.91 bits per heavy atom. The van der Waals surface area contributed by atoms with Gasteiger partial charge >= 0.3 is 6.18 Å². The molecule has 1 aliphatic carbocycles. The predicted molar refractivity (Wildman–Crippen MR) is 111 cm³/mol. The van der Waals surface area contributed by atoms with Crippen LogP contribution >= 0.6 is 23.2 Å². The van der Waals surface area contributed by atoms with Crippen LogP contribution in [0.4, 0.5) is 17.6 Å². The minimum absolute atomic E-state index is 0.0179. The number of amides is 1. The lowest BCUT2D eigenvalue weighted by Crippen LogP contribution is -2.42. The molecule has 0 bridgehead atoms. The van der Waals surface area contributed by atoms with E-state index in [0.717, 1.165) is 25.0 Å². The molecule has 1 unspecified atom stereocenters. The normalized spacial score (nSPS) is 20.6. The number of hydrogen-bond acceptors (Lipinski definition) is 5. The molecule has 1 N–H and O–H groups in total. The number of aromatic nitrogens is 1. The van der Waals surface area contributed by atoms with Crippen molar-refractivity contribution in [3.05, 3.63) is 63.3 Å². The number of hydrogen-bond donors (Lipinski definition) is 1. The molecule has 0 spiro atoms. The number of alkyl halides is 3. The van der Waals surface area contributed by atoms with E-state index in [1.807, 2.05) is 0 Å². The fraction of sp³-hybridized carbons (Fsp3) is 0.286. The molecule has 2 aliphatic rings. The van der Waals surface area contributed by atoms with Crippen LogP contribution in [0.1, 0.15) is 40.9 Å². The number of oxime groups is 1. The van der Waals surface area contributed by atoms with Gasteiger partial charge in [0.1, 0.15) is 0 Å². The minimum atomic E-state index is -4.95. The van der Waals surface area contributed by atoms with Crippen molar-refractivity contribution in [2.75, 3.05) is 0 Å². The number of nitrogens with one attached hydrogen (secondary N) is 1. The van der Waals surface area contributed by atoms with Crippen LogP contribution in [0, 0.1) is 5.82 Å². The Labute approximate surface area is 193 Å². The number of furan rings is 1.